The number of amides is 1. The first kappa shape index (κ1) is 26.7. The third-order valence-electron chi connectivity index (χ3n) is 5.89. The minimum atomic E-state index is -0.307. The van der Waals surface area contributed by atoms with Crippen LogP contribution in [0.25, 0.3) is 0 Å². The minimum absolute atomic E-state index is 0.307. The van der Waals surface area contributed by atoms with E-state index in [9.17, 15) is 4.79 Å². The smallest absolute Gasteiger partial charge is 0.247 e. The molecule has 3 N–H and O–H groups in total. The van der Waals surface area contributed by atoms with Gasteiger partial charge in [0.05, 0.1) is 30.3 Å². The zero-order valence-electron chi connectivity index (χ0n) is 22.3. The van der Waals surface area contributed by atoms with Crippen molar-refractivity contribution in [3.63, 3.8) is 0 Å². The van der Waals surface area contributed by atoms with Crippen molar-refractivity contribution in [2.75, 3.05) is 62.2 Å². The molecule has 3 aromatic rings. The van der Waals surface area contributed by atoms with Gasteiger partial charge in [0, 0.05) is 44.2 Å². The molecule has 0 spiro atoms. The number of likely N-dealkylation sites (N-methyl/N-ethyl adjacent to an activating group) is 2. The van der Waals surface area contributed by atoms with Crippen LogP contribution in [0.4, 0.5) is 34.5 Å². The number of hydrogen-bond acceptors (Lipinski definition) is 9. The summed E-state index contributed by atoms with van der Waals surface area (Å²) < 4.78 is 11.6. The first-order valence-corrected chi connectivity index (χ1v) is 12.5. The van der Waals surface area contributed by atoms with Crippen LogP contribution in [-0.4, -0.2) is 68.2 Å². The van der Waals surface area contributed by atoms with Crippen LogP contribution in [0.1, 0.15) is 12.8 Å². The molecule has 200 valence electrons. The van der Waals surface area contributed by atoms with E-state index in [1.165, 1.54) is 6.08 Å². The van der Waals surface area contributed by atoms with Gasteiger partial charge in [-0.25, -0.2) is 4.98 Å². The molecule has 38 heavy (non-hydrogen) atoms. The zero-order chi connectivity index (χ0) is 27.1. The molecule has 0 atom stereocenters. The monoisotopic (exact) mass is 517 g/mol. The number of carbonyl (C=O) groups is 1. The van der Waals surface area contributed by atoms with Crippen molar-refractivity contribution < 1.29 is 14.3 Å². The molecule has 10 heteroatoms. The van der Waals surface area contributed by atoms with Crippen LogP contribution in [0.5, 0.6) is 11.5 Å². The molecule has 0 radical (unpaired) electrons. The van der Waals surface area contributed by atoms with Gasteiger partial charge in [0.25, 0.3) is 0 Å². The van der Waals surface area contributed by atoms with Gasteiger partial charge in [0.2, 0.25) is 11.9 Å². The summed E-state index contributed by atoms with van der Waals surface area (Å²) >= 11 is 0. The average Bonchev–Trinajstić information content (AvgIpc) is 3.71. The van der Waals surface area contributed by atoms with E-state index in [1.807, 2.05) is 57.5 Å². The number of aromatic nitrogens is 2. The highest BCUT2D eigenvalue weighted by atomic mass is 16.5. The van der Waals surface area contributed by atoms with Gasteiger partial charge >= 0.3 is 0 Å². The second-order valence-electron chi connectivity index (χ2n) is 9.35. The van der Waals surface area contributed by atoms with E-state index < -0.39 is 0 Å². The molecule has 0 aliphatic heterocycles. The fourth-order valence-corrected chi connectivity index (χ4v) is 3.69. The summed E-state index contributed by atoms with van der Waals surface area (Å²) in [5.41, 5.74) is 2.90. The summed E-state index contributed by atoms with van der Waals surface area (Å²) in [6.45, 7) is 5.17. The van der Waals surface area contributed by atoms with Gasteiger partial charge in [-0.1, -0.05) is 12.6 Å². The summed E-state index contributed by atoms with van der Waals surface area (Å²) in [6.07, 6.45) is 5.45. The fraction of sp³-hybridized carbons (Fsp3) is 0.321. The Morgan fingerprint density at radius 2 is 1.92 bits per heavy atom. The summed E-state index contributed by atoms with van der Waals surface area (Å²) in [4.78, 5) is 25.3. The van der Waals surface area contributed by atoms with Gasteiger partial charge in [-0.2, -0.15) is 4.98 Å². The van der Waals surface area contributed by atoms with Gasteiger partial charge in [0.15, 0.2) is 0 Å². The summed E-state index contributed by atoms with van der Waals surface area (Å²) in [7, 11) is 7.60. The zero-order valence-corrected chi connectivity index (χ0v) is 22.3. The molecule has 1 fully saturated rings. The molecule has 1 aliphatic carbocycles. The Kier molecular flexibility index (Phi) is 8.65. The second-order valence-corrected chi connectivity index (χ2v) is 9.35. The Bertz CT molecular complexity index is 1280. The van der Waals surface area contributed by atoms with Crippen molar-refractivity contribution >= 4 is 40.4 Å². The summed E-state index contributed by atoms with van der Waals surface area (Å²) in [5, 5.41) is 9.43. The van der Waals surface area contributed by atoms with Gasteiger partial charge in [-0.05, 0) is 57.3 Å². The van der Waals surface area contributed by atoms with E-state index >= 15 is 0 Å². The molecular formula is C28H35N7O3. The van der Waals surface area contributed by atoms with E-state index in [0.29, 0.717) is 35.0 Å². The predicted molar refractivity (Wildman–Crippen MR) is 152 cm³/mol. The maximum atomic E-state index is 12.2. The lowest BCUT2D eigenvalue weighted by Gasteiger charge is -2.26. The molecule has 10 nitrogen and oxygen atoms in total. The molecule has 1 aliphatic rings. The molecule has 1 amide bonds. The molecule has 1 heterocycles. The third-order valence-corrected chi connectivity index (χ3v) is 5.89. The van der Waals surface area contributed by atoms with Crippen LogP contribution in [0.3, 0.4) is 0 Å². The highest BCUT2D eigenvalue weighted by Gasteiger charge is 2.23. The van der Waals surface area contributed by atoms with Crippen LogP contribution < -0.4 is 30.3 Å². The first-order valence-electron chi connectivity index (χ1n) is 12.5. The first-order chi connectivity index (χ1) is 18.3. The van der Waals surface area contributed by atoms with Crippen LogP contribution >= 0.6 is 0 Å². The fourth-order valence-electron chi connectivity index (χ4n) is 3.69. The highest BCUT2D eigenvalue weighted by molar-refractivity contribution is 6.02. The van der Waals surface area contributed by atoms with E-state index in [1.54, 1.807) is 19.4 Å². The van der Waals surface area contributed by atoms with Crippen molar-refractivity contribution in [3.8, 4) is 11.5 Å². The third kappa shape index (κ3) is 7.36. The van der Waals surface area contributed by atoms with Gasteiger partial charge in [-0.15, -0.1) is 0 Å². The number of rotatable bonds is 13. The van der Waals surface area contributed by atoms with Crippen LogP contribution in [0, 0.1) is 0 Å². The molecule has 4 rings (SSSR count). The molecule has 1 saturated carbocycles. The number of nitrogens with zero attached hydrogens (tertiary/aromatic N) is 4. The number of nitrogens with one attached hydrogen (secondary N) is 3. The molecule has 1 aromatic heterocycles. The topological polar surface area (TPSA) is 104 Å². The van der Waals surface area contributed by atoms with Crippen molar-refractivity contribution in [1.29, 1.82) is 0 Å². The lowest BCUT2D eigenvalue weighted by Crippen LogP contribution is -2.29. The highest BCUT2D eigenvalue weighted by Crippen LogP contribution is 2.38. The van der Waals surface area contributed by atoms with Gasteiger partial charge in [-0.3, -0.25) is 4.79 Å². The maximum absolute atomic E-state index is 12.2. The average molecular weight is 518 g/mol. The Hall–Kier alpha value is -4.31. The Labute approximate surface area is 223 Å². The minimum Gasteiger partial charge on any atom is -0.494 e. The Balaban J connectivity index is 1.56. The summed E-state index contributed by atoms with van der Waals surface area (Å²) in [6, 6.07) is 13.3. The Morgan fingerprint density at radius 1 is 1.11 bits per heavy atom. The lowest BCUT2D eigenvalue weighted by atomic mass is 10.2. The second kappa shape index (κ2) is 12.3. The standard InChI is InChI=1S/C28H35N7O3/c1-6-27(36)31-22-17-23(25(37-5)18-24(22)35(4)15-14-34(2)3)32-28-29-13-12-26(33-28)30-19-8-7-9-21(16-19)38-20-10-11-20/h6-9,12-13,16-18,20H,1,10-11,14-15H2,2-5H3,(H,31,36)(H2,29,30,32,33). The number of hydrogen-bond donors (Lipinski definition) is 3. The van der Waals surface area contributed by atoms with Crippen LogP contribution in [0.15, 0.2) is 61.3 Å². The SMILES string of the molecule is C=CC(=O)Nc1cc(Nc2nccc(Nc3cccc(OC4CC4)c3)n2)c(OC)cc1N(C)CCN(C)C. The van der Waals surface area contributed by atoms with Gasteiger partial charge in [0.1, 0.15) is 17.3 Å². The van der Waals surface area contributed by atoms with E-state index in [4.69, 9.17) is 9.47 Å². The van der Waals surface area contributed by atoms with Gasteiger partial charge < -0.3 is 35.2 Å². The van der Waals surface area contributed by atoms with E-state index in [0.717, 1.165) is 43.1 Å². The normalized spacial score (nSPS) is 12.6. The maximum Gasteiger partial charge on any atom is 0.247 e. The van der Waals surface area contributed by atoms with Crippen LogP contribution in [0.2, 0.25) is 0 Å². The lowest BCUT2D eigenvalue weighted by molar-refractivity contribution is -0.111. The van der Waals surface area contributed by atoms with Crippen molar-refractivity contribution in [1.82, 2.24) is 14.9 Å². The number of ether oxygens (including phenoxy) is 2. The summed E-state index contributed by atoms with van der Waals surface area (Å²) in [5.74, 6) is 2.09. The number of benzene rings is 2. The number of carbonyl (C=O) groups excluding carboxylic acids is 1. The van der Waals surface area contributed by atoms with E-state index in [2.05, 4.69) is 42.3 Å². The molecular weight excluding hydrogens is 482 g/mol. The number of anilines is 6. The number of methoxy groups -OCH3 is 1. The quantitative estimate of drug-likeness (QED) is 0.280. The van der Waals surface area contributed by atoms with Crippen LogP contribution in [-0.2, 0) is 4.79 Å². The van der Waals surface area contributed by atoms with Crippen molar-refractivity contribution in [2.24, 2.45) is 0 Å². The largest absolute Gasteiger partial charge is 0.494 e. The molecule has 0 unspecified atom stereocenters. The van der Waals surface area contributed by atoms with Crippen molar-refractivity contribution in [2.45, 2.75) is 18.9 Å². The predicted octanol–water partition coefficient (Wildman–Crippen LogP) is 4.64. The Morgan fingerprint density at radius 3 is 2.63 bits per heavy atom. The molecule has 0 bridgehead atoms. The molecule has 0 saturated heterocycles. The molecule has 2 aromatic carbocycles. The van der Waals surface area contributed by atoms with E-state index in [-0.39, 0.29) is 5.91 Å². The van der Waals surface area contributed by atoms with Crippen molar-refractivity contribution in [3.05, 3.63) is 61.3 Å².